The van der Waals surface area contributed by atoms with Crippen molar-refractivity contribution in [1.29, 1.82) is 0 Å². The van der Waals surface area contributed by atoms with E-state index in [1.54, 1.807) is 32.9 Å². The van der Waals surface area contributed by atoms with E-state index in [-0.39, 0.29) is 23.2 Å². The summed E-state index contributed by atoms with van der Waals surface area (Å²) in [7, 11) is 0. The molecule has 1 aromatic rings. The first-order valence-electron chi connectivity index (χ1n) is 8.02. The van der Waals surface area contributed by atoms with E-state index < -0.39 is 0 Å². The molecular formula is C16H20N4O4. The molecule has 128 valence electrons. The smallest absolute Gasteiger partial charge is 0.272 e. The number of piperazine rings is 1. The zero-order chi connectivity index (χ0) is 16.9. The maximum Gasteiger partial charge on any atom is 0.272 e. The van der Waals surface area contributed by atoms with Crippen LogP contribution in [0.3, 0.4) is 0 Å². The third-order valence-electron chi connectivity index (χ3n) is 4.24. The lowest BCUT2D eigenvalue weighted by atomic mass is 10.2. The summed E-state index contributed by atoms with van der Waals surface area (Å²) >= 11 is 0. The Bertz CT molecular complexity index is 622. The van der Waals surface area contributed by atoms with Crippen LogP contribution in [0.2, 0.25) is 0 Å². The van der Waals surface area contributed by atoms with Gasteiger partial charge >= 0.3 is 0 Å². The van der Waals surface area contributed by atoms with Gasteiger partial charge in [-0.2, -0.15) is 0 Å². The Morgan fingerprint density at radius 1 is 0.917 bits per heavy atom. The third kappa shape index (κ3) is 3.53. The van der Waals surface area contributed by atoms with Crippen LogP contribution in [0.15, 0.2) is 18.2 Å². The van der Waals surface area contributed by atoms with Gasteiger partial charge < -0.3 is 19.4 Å². The van der Waals surface area contributed by atoms with Gasteiger partial charge in [-0.25, -0.2) is 4.98 Å². The van der Waals surface area contributed by atoms with Crippen molar-refractivity contribution in [3.05, 3.63) is 29.6 Å². The Morgan fingerprint density at radius 3 is 2.00 bits per heavy atom. The minimum Gasteiger partial charge on any atom is -0.378 e. The molecule has 2 aliphatic rings. The molecule has 0 bridgehead atoms. The summed E-state index contributed by atoms with van der Waals surface area (Å²) < 4.78 is 5.24. The molecule has 0 atom stereocenters. The number of hydrogen-bond donors (Lipinski definition) is 0. The van der Waals surface area contributed by atoms with Crippen LogP contribution in [0, 0.1) is 0 Å². The number of carbonyl (C=O) groups excluding carboxylic acids is 3. The van der Waals surface area contributed by atoms with Crippen LogP contribution in [0.4, 0.5) is 0 Å². The molecule has 1 aromatic heterocycles. The van der Waals surface area contributed by atoms with Crippen LogP contribution in [0.25, 0.3) is 0 Å². The Balaban J connectivity index is 1.69. The maximum atomic E-state index is 12.6. The van der Waals surface area contributed by atoms with Gasteiger partial charge in [0.2, 0.25) is 6.41 Å². The van der Waals surface area contributed by atoms with Crippen LogP contribution in [-0.2, 0) is 9.53 Å². The minimum absolute atomic E-state index is 0.182. The molecular weight excluding hydrogens is 312 g/mol. The van der Waals surface area contributed by atoms with Gasteiger partial charge in [0, 0.05) is 39.3 Å². The highest BCUT2D eigenvalue weighted by molar-refractivity contribution is 5.96. The van der Waals surface area contributed by atoms with Gasteiger partial charge in [0.05, 0.1) is 13.2 Å². The molecule has 0 radical (unpaired) electrons. The average molecular weight is 332 g/mol. The number of rotatable bonds is 3. The van der Waals surface area contributed by atoms with Crippen molar-refractivity contribution in [1.82, 2.24) is 19.7 Å². The molecule has 24 heavy (non-hydrogen) atoms. The summed E-state index contributed by atoms with van der Waals surface area (Å²) in [6.07, 6.45) is 0.793. The number of nitrogens with zero attached hydrogens (tertiary/aromatic N) is 4. The van der Waals surface area contributed by atoms with E-state index in [0.29, 0.717) is 52.5 Å². The van der Waals surface area contributed by atoms with Crippen molar-refractivity contribution in [3.8, 4) is 0 Å². The van der Waals surface area contributed by atoms with Crippen molar-refractivity contribution in [2.75, 3.05) is 52.5 Å². The molecule has 8 nitrogen and oxygen atoms in total. The van der Waals surface area contributed by atoms with Gasteiger partial charge in [0.1, 0.15) is 11.4 Å². The van der Waals surface area contributed by atoms with Gasteiger partial charge in [-0.1, -0.05) is 6.07 Å². The highest BCUT2D eigenvalue weighted by Crippen LogP contribution is 2.10. The summed E-state index contributed by atoms with van der Waals surface area (Å²) in [5, 5.41) is 0. The van der Waals surface area contributed by atoms with Crippen molar-refractivity contribution >= 4 is 18.2 Å². The average Bonchev–Trinajstić information content (AvgIpc) is 2.67. The van der Waals surface area contributed by atoms with Crippen LogP contribution < -0.4 is 0 Å². The lowest BCUT2D eigenvalue weighted by molar-refractivity contribution is -0.119. The van der Waals surface area contributed by atoms with Crippen LogP contribution in [-0.4, -0.2) is 90.4 Å². The Hall–Kier alpha value is -2.48. The molecule has 0 aromatic carbocycles. The monoisotopic (exact) mass is 332 g/mol. The van der Waals surface area contributed by atoms with Gasteiger partial charge in [-0.05, 0) is 12.1 Å². The molecule has 3 amide bonds. The van der Waals surface area contributed by atoms with Crippen LogP contribution >= 0.6 is 0 Å². The predicted octanol–water partition coefficient (Wildman–Crippen LogP) is -0.532. The summed E-state index contributed by atoms with van der Waals surface area (Å²) in [6.45, 7) is 4.08. The molecule has 3 rings (SSSR count). The molecule has 0 aliphatic carbocycles. The second-order valence-electron chi connectivity index (χ2n) is 5.75. The molecule has 0 saturated carbocycles. The van der Waals surface area contributed by atoms with Crippen molar-refractivity contribution < 1.29 is 19.1 Å². The topological polar surface area (TPSA) is 83.1 Å². The summed E-state index contributed by atoms with van der Waals surface area (Å²) in [5.41, 5.74) is 0.530. The first-order valence-corrected chi connectivity index (χ1v) is 8.02. The van der Waals surface area contributed by atoms with Crippen molar-refractivity contribution in [3.63, 3.8) is 0 Å². The van der Waals surface area contributed by atoms with E-state index in [4.69, 9.17) is 4.74 Å². The first-order chi connectivity index (χ1) is 11.7. The van der Waals surface area contributed by atoms with Gasteiger partial charge in [0.25, 0.3) is 11.8 Å². The van der Waals surface area contributed by atoms with Crippen LogP contribution in [0.1, 0.15) is 21.0 Å². The van der Waals surface area contributed by atoms with Crippen molar-refractivity contribution in [2.24, 2.45) is 0 Å². The first kappa shape index (κ1) is 16.4. The number of hydrogen-bond acceptors (Lipinski definition) is 5. The normalized spacial score (nSPS) is 18.4. The second-order valence-corrected chi connectivity index (χ2v) is 5.75. The van der Waals surface area contributed by atoms with E-state index in [2.05, 4.69) is 4.98 Å². The number of morpholine rings is 1. The van der Waals surface area contributed by atoms with E-state index >= 15 is 0 Å². The highest BCUT2D eigenvalue weighted by atomic mass is 16.5. The molecule has 8 heteroatoms. The lowest BCUT2D eigenvalue weighted by Crippen LogP contribution is -2.48. The molecule has 0 N–H and O–H groups in total. The third-order valence-corrected chi connectivity index (χ3v) is 4.24. The Labute approximate surface area is 140 Å². The quantitative estimate of drug-likeness (QED) is 0.695. The Morgan fingerprint density at radius 2 is 1.46 bits per heavy atom. The fraction of sp³-hybridized carbons (Fsp3) is 0.500. The summed E-state index contributed by atoms with van der Waals surface area (Å²) in [4.78, 5) is 45.0. The Kier molecular flexibility index (Phi) is 5.05. The van der Waals surface area contributed by atoms with Gasteiger partial charge in [0.15, 0.2) is 0 Å². The zero-order valence-corrected chi connectivity index (χ0v) is 13.4. The number of amides is 3. The number of ether oxygens (including phenoxy) is 1. The number of aromatic nitrogens is 1. The lowest BCUT2D eigenvalue weighted by Gasteiger charge is -2.32. The molecule has 3 heterocycles. The summed E-state index contributed by atoms with van der Waals surface area (Å²) in [5.74, 6) is -0.393. The minimum atomic E-state index is -0.211. The molecule has 0 spiro atoms. The van der Waals surface area contributed by atoms with E-state index in [1.165, 1.54) is 0 Å². The van der Waals surface area contributed by atoms with Gasteiger partial charge in [-0.3, -0.25) is 14.4 Å². The molecule has 2 fully saturated rings. The number of pyridine rings is 1. The fourth-order valence-corrected chi connectivity index (χ4v) is 2.79. The maximum absolute atomic E-state index is 12.6. The largest absolute Gasteiger partial charge is 0.378 e. The summed E-state index contributed by atoms with van der Waals surface area (Å²) in [6, 6.07) is 4.92. The fourth-order valence-electron chi connectivity index (χ4n) is 2.79. The second kappa shape index (κ2) is 7.39. The molecule has 2 aliphatic heterocycles. The van der Waals surface area contributed by atoms with E-state index in [1.807, 2.05) is 0 Å². The molecule has 2 saturated heterocycles. The SMILES string of the molecule is O=CN1CCN(C(=O)c2cccc(C(=O)N3CCOCC3)n2)CC1. The zero-order valence-electron chi connectivity index (χ0n) is 13.4. The van der Waals surface area contributed by atoms with Crippen LogP contribution in [0.5, 0.6) is 0 Å². The van der Waals surface area contributed by atoms with Gasteiger partial charge in [-0.15, -0.1) is 0 Å². The van der Waals surface area contributed by atoms with Crippen molar-refractivity contribution in [2.45, 2.75) is 0 Å². The predicted molar refractivity (Wildman–Crippen MR) is 84.5 cm³/mol. The standard InChI is InChI=1S/C16H20N4O4/c21-12-18-4-6-19(7-5-18)15(22)13-2-1-3-14(17-13)16(23)20-8-10-24-11-9-20/h1-3,12H,4-11H2. The highest BCUT2D eigenvalue weighted by Gasteiger charge is 2.24. The molecule has 0 unspecified atom stereocenters. The van der Waals surface area contributed by atoms with E-state index in [9.17, 15) is 14.4 Å². The number of carbonyl (C=O) groups is 3. The van der Waals surface area contributed by atoms with E-state index in [0.717, 1.165) is 6.41 Å².